The smallest absolute Gasteiger partial charge is 0.310 e. The third-order valence-corrected chi connectivity index (χ3v) is 3.50. The molecule has 0 aliphatic heterocycles. The Morgan fingerprint density at radius 3 is 2.75 bits per heavy atom. The number of halogens is 2. The Hall–Kier alpha value is -1.88. The van der Waals surface area contributed by atoms with Crippen LogP contribution in [-0.2, 0) is 16.0 Å². The third-order valence-electron chi connectivity index (χ3n) is 3.15. The van der Waals surface area contributed by atoms with Gasteiger partial charge in [0, 0.05) is 16.6 Å². The predicted molar refractivity (Wildman–Crippen MR) is 71.9 cm³/mol. The first-order valence-electron chi connectivity index (χ1n) is 6.10. The van der Waals surface area contributed by atoms with Crippen LogP contribution in [0.25, 0.3) is 0 Å². The zero-order chi connectivity index (χ0) is 14.7. The number of nitrogens with one attached hydrogen (secondary N) is 1. The lowest BCUT2D eigenvalue weighted by molar-refractivity contribution is -0.140. The van der Waals surface area contributed by atoms with Crippen LogP contribution in [0.1, 0.15) is 12.0 Å². The maximum Gasteiger partial charge on any atom is 0.310 e. The van der Waals surface area contributed by atoms with Gasteiger partial charge in [-0.1, -0.05) is 29.8 Å². The summed E-state index contributed by atoms with van der Waals surface area (Å²) in [6.07, 6.45) is 3.32. The lowest BCUT2D eigenvalue weighted by Gasteiger charge is -2.13. The topological polar surface area (TPSA) is 66.4 Å². The number of benzene rings is 1. The predicted octanol–water partition coefficient (Wildman–Crippen LogP) is 2.17. The highest BCUT2D eigenvalue weighted by atomic mass is 35.5. The quantitative estimate of drug-likeness (QED) is 0.837. The van der Waals surface area contributed by atoms with Crippen LogP contribution in [-0.4, -0.2) is 23.0 Å². The molecular weight excluding hydrogens is 285 g/mol. The lowest BCUT2D eigenvalue weighted by Crippen LogP contribution is -2.34. The number of carboxylic acid groups (broad SMARTS) is 1. The Morgan fingerprint density at radius 1 is 1.40 bits per heavy atom. The van der Waals surface area contributed by atoms with Gasteiger partial charge in [0.15, 0.2) is 0 Å². The second-order valence-corrected chi connectivity index (χ2v) is 5.02. The molecule has 1 aliphatic rings. The lowest BCUT2D eigenvalue weighted by atomic mass is 10.1. The van der Waals surface area contributed by atoms with Crippen molar-refractivity contribution in [1.29, 1.82) is 0 Å². The van der Waals surface area contributed by atoms with Crippen LogP contribution in [0.4, 0.5) is 4.39 Å². The monoisotopic (exact) mass is 297 g/mol. The van der Waals surface area contributed by atoms with Gasteiger partial charge in [0.1, 0.15) is 5.82 Å². The molecule has 2 rings (SSSR count). The Labute approximate surface area is 120 Å². The van der Waals surface area contributed by atoms with Crippen molar-refractivity contribution in [3.05, 3.63) is 46.8 Å². The Kier molecular flexibility index (Phi) is 4.39. The molecule has 1 amide bonds. The molecule has 0 fully saturated rings. The molecule has 0 bridgehead atoms. The average molecular weight is 298 g/mol. The fraction of sp³-hybridized carbons (Fsp3) is 0.286. The molecule has 0 radical (unpaired) electrons. The van der Waals surface area contributed by atoms with E-state index in [1.54, 1.807) is 12.2 Å². The molecule has 2 unspecified atom stereocenters. The van der Waals surface area contributed by atoms with E-state index in [4.69, 9.17) is 16.7 Å². The normalized spacial score (nSPS) is 20.9. The summed E-state index contributed by atoms with van der Waals surface area (Å²) in [5, 5.41) is 11.7. The Bertz CT molecular complexity index is 553. The van der Waals surface area contributed by atoms with Gasteiger partial charge in [-0.15, -0.1) is 0 Å². The number of hydrogen-bond donors (Lipinski definition) is 2. The summed E-state index contributed by atoms with van der Waals surface area (Å²) in [4.78, 5) is 22.6. The molecule has 106 valence electrons. The molecule has 0 saturated heterocycles. The molecule has 0 aromatic heterocycles. The van der Waals surface area contributed by atoms with Crippen molar-refractivity contribution in [3.63, 3.8) is 0 Å². The minimum absolute atomic E-state index is 0.142. The van der Waals surface area contributed by atoms with Gasteiger partial charge in [0.25, 0.3) is 0 Å². The van der Waals surface area contributed by atoms with Crippen LogP contribution >= 0.6 is 11.6 Å². The van der Waals surface area contributed by atoms with E-state index in [9.17, 15) is 14.0 Å². The number of carboxylic acids is 1. The highest BCUT2D eigenvalue weighted by Gasteiger charge is 2.25. The molecule has 4 nitrogen and oxygen atoms in total. The Morgan fingerprint density at radius 2 is 2.15 bits per heavy atom. The summed E-state index contributed by atoms with van der Waals surface area (Å²) in [5.74, 6) is -2.43. The first kappa shape index (κ1) is 14.5. The molecule has 1 aliphatic carbocycles. The zero-order valence-corrected chi connectivity index (χ0v) is 11.2. The number of amides is 1. The fourth-order valence-electron chi connectivity index (χ4n) is 2.11. The maximum absolute atomic E-state index is 13.5. The standard InChI is InChI=1S/C14H13ClFNO3/c15-11-2-1-3-12(16)10(11)7-13(18)17-9-5-4-8(6-9)14(19)20/h1-5,8-9H,6-7H2,(H,17,18)(H,19,20). The summed E-state index contributed by atoms with van der Waals surface area (Å²) < 4.78 is 13.5. The second kappa shape index (κ2) is 6.05. The Balaban J connectivity index is 1.94. The van der Waals surface area contributed by atoms with Crippen molar-refractivity contribution in [3.8, 4) is 0 Å². The summed E-state index contributed by atoms with van der Waals surface area (Å²) in [6, 6.07) is 3.89. The van der Waals surface area contributed by atoms with Crippen molar-refractivity contribution in [2.75, 3.05) is 0 Å². The van der Waals surface area contributed by atoms with E-state index in [1.165, 1.54) is 18.2 Å². The van der Waals surface area contributed by atoms with Crippen molar-refractivity contribution < 1.29 is 19.1 Å². The largest absolute Gasteiger partial charge is 0.481 e. The molecule has 1 aromatic rings. The summed E-state index contributed by atoms with van der Waals surface area (Å²) in [6.45, 7) is 0. The first-order valence-corrected chi connectivity index (χ1v) is 6.48. The van der Waals surface area contributed by atoms with Gasteiger partial charge in [-0.3, -0.25) is 9.59 Å². The number of hydrogen-bond acceptors (Lipinski definition) is 2. The molecule has 20 heavy (non-hydrogen) atoms. The van der Waals surface area contributed by atoms with E-state index in [0.717, 1.165) is 0 Å². The first-order chi connectivity index (χ1) is 9.47. The van der Waals surface area contributed by atoms with Crippen LogP contribution in [0.15, 0.2) is 30.4 Å². The van der Waals surface area contributed by atoms with Crippen LogP contribution < -0.4 is 5.32 Å². The molecule has 6 heteroatoms. The van der Waals surface area contributed by atoms with E-state index in [0.29, 0.717) is 6.42 Å². The van der Waals surface area contributed by atoms with Gasteiger partial charge in [0.2, 0.25) is 5.91 Å². The van der Waals surface area contributed by atoms with Crippen molar-refractivity contribution in [1.82, 2.24) is 5.32 Å². The van der Waals surface area contributed by atoms with E-state index < -0.39 is 23.6 Å². The molecule has 1 aromatic carbocycles. The molecule has 0 spiro atoms. The van der Waals surface area contributed by atoms with Crippen LogP contribution in [0.3, 0.4) is 0 Å². The van der Waals surface area contributed by atoms with E-state index in [2.05, 4.69) is 5.32 Å². The summed E-state index contributed by atoms with van der Waals surface area (Å²) in [7, 11) is 0. The van der Waals surface area contributed by atoms with Gasteiger partial charge in [-0.05, 0) is 18.6 Å². The SMILES string of the molecule is O=C(Cc1c(F)cccc1Cl)NC1C=CC(C(=O)O)C1. The molecule has 2 atom stereocenters. The van der Waals surface area contributed by atoms with Gasteiger partial charge in [-0.2, -0.15) is 0 Å². The molecule has 2 N–H and O–H groups in total. The van der Waals surface area contributed by atoms with Crippen LogP contribution in [0, 0.1) is 11.7 Å². The highest BCUT2D eigenvalue weighted by molar-refractivity contribution is 6.31. The zero-order valence-electron chi connectivity index (χ0n) is 10.5. The van der Waals surface area contributed by atoms with E-state index >= 15 is 0 Å². The van der Waals surface area contributed by atoms with Gasteiger partial charge in [-0.25, -0.2) is 4.39 Å². The number of carbonyl (C=O) groups is 2. The van der Waals surface area contributed by atoms with E-state index in [-0.39, 0.29) is 23.0 Å². The van der Waals surface area contributed by atoms with Crippen molar-refractivity contribution in [2.24, 2.45) is 5.92 Å². The minimum Gasteiger partial charge on any atom is -0.481 e. The molecule has 0 heterocycles. The third kappa shape index (κ3) is 3.36. The van der Waals surface area contributed by atoms with Crippen LogP contribution in [0.2, 0.25) is 5.02 Å². The molecular formula is C14H13ClFNO3. The van der Waals surface area contributed by atoms with E-state index in [1.807, 2.05) is 0 Å². The average Bonchev–Trinajstić information content (AvgIpc) is 2.82. The minimum atomic E-state index is -0.921. The van der Waals surface area contributed by atoms with Crippen molar-refractivity contribution >= 4 is 23.5 Å². The summed E-state index contributed by atoms with van der Waals surface area (Å²) in [5.41, 5.74) is 0.142. The summed E-state index contributed by atoms with van der Waals surface area (Å²) >= 11 is 5.84. The van der Waals surface area contributed by atoms with Gasteiger partial charge < -0.3 is 10.4 Å². The second-order valence-electron chi connectivity index (χ2n) is 4.62. The number of rotatable bonds is 4. The van der Waals surface area contributed by atoms with Gasteiger partial charge in [0.05, 0.1) is 12.3 Å². The molecule has 0 saturated carbocycles. The maximum atomic E-state index is 13.5. The number of aliphatic carboxylic acids is 1. The number of carbonyl (C=O) groups excluding carboxylic acids is 1. The van der Waals surface area contributed by atoms with Crippen LogP contribution in [0.5, 0.6) is 0 Å². The highest BCUT2D eigenvalue weighted by Crippen LogP contribution is 2.21. The van der Waals surface area contributed by atoms with Gasteiger partial charge >= 0.3 is 5.97 Å². The fourth-order valence-corrected chi connectivity index (χ4v) is 2.34. The van der Waals surface area contributed by atoms with Crippen molar-refractivity contribution in [2.45, 2.75) is 18.9 Å².